The lowest BCUT2D eigenvalue weighted by Gasteiger charge is -2.23. The van der Waals surface area contributed by atoms with Crippen molar-refractivity contribution in [3.8, 4) is 0 Å². The van der Waals surface area contributed by atoms with Gasteiger partial charge in [0.2, 0.25) is 0 Å². The number of hydrogen-bond acceptors (Lipinski definition) is 2. The van der Waals surface area contributed by atoms with Crippen molar-refractivity contribution in [2.75, 3.05) is 32.7 Å². The summed E-state index contributed by atoms with van der Waals surface area (Å²) in [4.78, 5) is 2.65. The van der Waals surface area contributed by atoms with Crippen molar-refractivity contribution >= 4 is 0 Å². The van der Waals surface area contributed by atoms with Crippen molar-refractivity contribution in [3.05, 3.63) is 0 Å². The van der Waals surface area contributed by atoms with Crippen LogP contribution in [0.15, 0.2) is 0 Å². The topological polar surface area (TPSA) is 15.3 Å². The molecule has 0 spiro atoms. The van der Waals surface area contributed by atoms with E-state index in [0.717, 1.165) is 12.5 Å². The van der Waals surface area contributed by atoms with Gasteiger partial charge in [-0.2, -0.15) is 0 Å². The van der Waals surface area contributed by atoms with E-state index in [1.165, 1.54) is 51.9 Å². The molecular formula is C12H26N2. The summed E-state index contributed by atoms with van der Waals surface area (Å²) in [5, 5.41) is 3.43. The van der Waals surface area contributed by atoms with Crippen LogP contribution >= 0.6 is 0 Å². The van der Waals surface area contributed by atoms with E-state index in [2.05, 4.69) is 24.1 Å². The van der Waals surface area contributed by atoms with Gasteiger partial charge in [-0.25, -0.2) is 0 Å². The summed E-state index contributed by atoms with van der Waals surface area (Å²) < 4.78 is 0. The second-order valence-corrected chi connectivity index (χ2v) is 4.63. The van der Waals surface area contributed by atoms with Gasteiger partial charge in [0.1, 0.15) is 0 Å². The first-order valence-electron chi connectivity index (χ1n) is 6.26. The Morgan fingerprint density at radius 2 is 1.79 bits per heavy atom. The molecule has 2 nitrogen and oxygen atoms in total. The highest BCUT2D eigenvalue weighted by molar-refractivity contribution is 4.67. The Morgan fingerprint density at radius 3 is 2.36 bits per heavy atom. The highest BCUT2D eigenvalue weighted by atomic mass is 15.1. The van der Waals surface area contributed by atoms with Gasteiger partial charge >= 0.3 is 0 Å². The molecule has 0 radical (unpaired) electrons. The van der Waals surface area contributed by atoms with Crippen molar-refractivity contribution in [1.82, 2.24) is 10.2 Å². The Morgan fingerprint density at radius 1 is 1.14 bits per heavy atom. The minimum atomic E-state index is 0.799. The van der Waals surface area contributed by atoms with Crippen LogP contribution in [-0.4, -0.2) is 37.6 Å². The predicted octanol–water partition coefficient (Wildman–Crippen LogP) is 2.11. The molecule has 1 N–H and O–H groups in total. The van der Waals surface area contributed by atoms with Crippen LogP contribution in [0.3, 0.4) is 0 Å². The van der Waals surface area contributed by atoms with E-state index in [4.69, 9.17) is 0 Å². The van der Waals surface area contributed by atoms with E-state index in [0.29, 0.717) is 0 Å². The molecule has 1 rings (SSSR count). The maximum atomic E-state index is 3.43. The fourth-order valence-corrected chi connectivity index (χ4v) is 2.21. The Bertz CT molecular complexity index is 128. The molecule has 1 unspecified atom stereocenters. The van der Waals surface area contributed by atoms with Gasteiger partial charge in [0.25, 0.3) is 0 Å². The Balaban J connectivity index is 2.13. The van der Waals surface area contributed by atoms with Crippen LogP contribution in [-0.2, 0) is 0 Å². The van der Waals surface area contributed by atoms with E-state index in [1.54, 1.807) is 0 Å². The van der Waals surface area contributed by atoms with Crippen molar-refractivity contribution in [1.29, 1.82) is 0 Å². The maximum absolute atomic E-state index is 3.43. The Kier molecular flexibility index (Phi) is 6.20. The third-order valence-corrected chi connectivity index (χ3v) is 3.01. The predicted molar refractivity (Wildman–Crippen MR) is 62.6 cm³/mol. The van der Waals surface area contributed by atoms with E-state index < -0.39 is 0 Å². The molecule has 0 amide bonds. The van der Waals surface area contributed by atoms with Crippen LogP contribution in [0.2, 0.25) is 0 Å². The summed E-state index contributed by atoms with van der Waals surface area (Å²) in [6.07, 6.45) is 5.71. The van der Waals surface area contributed by atoms with Gasteiger partial charge < -0.3 is 10.2 Å². The number of rotatable bonds is 5. The SMILES string of the molecule is CCNCC(C)CN1CCCCCC1. The molecule has 1 heterocycles. The summed E-state index contributed by atoms with van der Waals surface area (Å²) in [6, 6.07) is 0. The third kappa shape index (κ3) is 4.97. The average Bonchev–Trinajstić information content (AvgIpc) is 2.43. The van der Waals surface area contributed by atoms with Crippen LogP contribution in [0, 0.1) is 5.92 Å². The van der Waals surface area contributed by atoms with Gasteiger partial charge in [0.05, 0.1) is 0 Å². The highest BCUT2D eigenvalue weighted by Crippen LogP contribution is 2.11. The van der Waals surface area contributed by atoms with Gasteiger partial charge in [-0.15, -0.1) is 0 Å². The van der Waals surface area contributed by atoms with Crippen LogP contribution < -0.4 is 5.32 Å². The first-order valence-corrected chi connectivity index (χ1v) is 6.26. The van der Waals surface area contributed by atoms with Crippen molar-refractivity contribution in [2.24, 2.45) is 5.92 Å². The van der Waals surface area contributed by atoms with E-state index in [1.807, 2.05) is 0 Å². The summed E-state index contributed by atoms with van der Waals surface area (Å²) >= 11 is 0. The molecule has 0 aliphatic carbocycles. The standard InChI is InChI=1S/C12H26N2/c1-3-13-10-12(2)11-14-8-6-4-5-7-9-14/h12-13H,3-11H2,1-2H3. The molecule has 1 aliphatic rings. The van der Waals surface area contributed by atoms with Gasteiger partial charge in [0.15, 0.2) is 0 Å². The molecule has 2 heteroatoms. The van der Waals surface area contributed by atoms with E-state index in [9.17, 15) is 0 Å². The quantitative estimate of drug-likeness (QED) is 0.728. The summed E-state index contributed by atoms with van der Waals surface area (Å²) in [7, 11) is 0. The van der Waals surface area contributed by atoms with Crippen LogP contribution in [0.1, 0.15) is 39.5 Å². The molecule has 0 bridgehead atoms. The minimum absolute atomic E-state index is 0.799. The Labute approximate surface area is 89.1 Å². The molecule has 0 aromatic heterocycles. The fourth-order valence-electron chi connectivity index (χ4n) is 2.21. The first-order chi connectivity index (χ1) is 6.83. The lowest BCUT2D eigenvalue weighted by Crippen LogP contribution is -2.34. The summed E-state index contributed by atoms with van der Waals surface area (Å²) in [5.41, 5.74) is 0. The zero-order chi connectivity index (χ0) is 10.2. The number of nitrogens with zero attached hydrogens (tertiary/aromatic N) is 1. The number of likely N-dealkylation sites (tertiary alicyclic amines) is 1. The highest BCUT2D eigenvalue weighted by Gasteiger charge is 2.11. The molecule has 0 saturated carbocycles. The van der Waals surface area contributed by atoms with Gasteiger partial charge in [-0.1, -0.05) is 26.7 Å². The fraction of sp³-hybridized carbons (Fsp3) is 1.00. The molecule has 1 aliphatic heterocycles. The lowest BCUT2D eigenvalue weighted by atomic mass is 10.1. The van der Waals surface area contributed by atoms with Gasteiger partial charge in [0, 0.05) is 6.54 Å². The zero-order valence-corrected chi connectivity index (χ0v) is 9.89. The summed E-state index contributed by atoms with van der Waals surface area (Å²) in [5.74, 6) is 0.799. The molecule has 0 aromatic rings. The molecule has 1 saturated heterocycles. The minimum Gasteiger partial charge on any atom is -0.317 e. The molecule has 0 aromatic carbocycles. The molecule has 1 fully saturated rings. The smallest absolute Gasteiger partial charge is 0.00191 e. The van der Waals surface area contributed by atoms with E-state index >= 15 is 0 Å². The second kappa shape index (κ2) is 7.24. The largest absolute Gasteiger partial charge is 0.317 e. The molecule has 1 atom stereocenters. The average molecular weight is 198 g/mol. The van der Waals surface area contributed by atoms with E-state index in [-0.39, 0.29) is 0 Å². The van der Waals surface area contributed by atoms with Crippen molar-refractivity contribution in [3.63, 3.8) is 0 Å². The Hall–Kier alpha value is -0.0800. The molecule has 84 valence electrons. The second-order valence-electron chi connectivity index (χ2n) is 4.63. The van der Waals surface area contributed by atoms with Crippen LogP contribution in [0.5, 0.6) is 0 Å². The third-order valence-electron chi connectivity index (χ3n) is 3.01. The normalized spacial score (nSPS) is 21.9. The van der Waals surface area contributed by atoms with Crippen LogP contribution in [0.4, 0.5) is 0 Å². The first kappa shape index (κ1) is 12.0. The monoisotopic (exact) mass is 198 g/mol. The maximum Gasteiger partial charge on any atom is 0.00191 e. The lowest BCUT2D eigenvalue weighted by molar-refractivity contribution is 0.243. The van der Waals surface area contributed by atoms with Crippen molar-refractivity contribution < 1.29 is 0 Å². The number of nitrogens with one attached hydrogen (secondary N) is 1. The summed E-state index contributed by atoms with van der Waals surface area (Å²) in [6.45, 7) is 10.8. The van der Waals surface area contributed by atoms with Gasteiger partial charge in [-0.05, 0) is 44.9 Å². The number of hydrogen-bond donors (Lipinski definition) is 1. The van der Waals surface area contributed by atoms with Crippen molar-refractivity contribution in [2.45, 2.75) is 39.5 Å². The molecular weight excluding hydrogens is 172 g/mol. The zero-order valence-electron chi connectivity index (χ0n) is 9.89. The molecule has 14 heavy (non-hydrogen) atoms. The van der Waals surface area contributed by atoms with Gasteiger partial charge in [-0.3, -0.25) is 0 Å². The van der Waals surface area contributed by atoms with Crippen LogP contribution in [0.25, 0.3) is 0 Å².